The third-order valence-corrected chi connectivity index (χ3v) is 1.98. The van der Waals surface area contributed by atoms with Gasteiger partial charge in [0.25, 0.3) is 5.69 Å². The van der Waals surface area contributed by atoms with Gasteiger partial charge in [0.15, 0.2) is 0 Å². The van der Waals surface area contributed by atoms with E-state index in [1.54, 1.807) is 6.92 Å². The Labute approximate surface area is 105 Å². The first-order valence-corrected chi connectivity index (χ1v) is 5.05. The first-order valence-electron chi connectivity index (χ1n) is 5.05. The zero-order chi connectivity index (χ0) is 14.6. The largest absolute Gasteiger partial charge is 0.494 e. The van der Waals surface area contributed by atoms with E-state index >= 15 is 0 Å². The average molecular weight is 278 g/mol. The second-order valence-electron chi connectivity index (χ2n) is 3.32. The molecule has 1 aromatic carbocycles. The molecule has 0 aromatic heterocycles. The number of nitro benzene ring substituents is 1. The molecule has 0 atom stereocenters. The van der Waals surface area contributed by atoms with Gasteiger partial charge in [0.05, 0.1) is 17.6 Å². The molecule has 0 aliphatic rings. The molecule has 0 fully saturated rings. The van der Waals surface area contributed by atoms with Crippen LogP contribution in [0.1, 0.15) is 6.92 Å². The summed E-state index contributed by atoms with van der Waals surface area (Å²) in [4.78, 5) is 20.5. The molecule has 9 heteroatoms. The number of nitrogens with one attached hydrogen (secondary N) is 1. The highest BCUT2D eigenvalue weighted by molar-refractivity contribution is 5.96. The Hall–Kier alpha value is -2.32. The van der Waals surface area contributed by atoms with E-state index < -0.39 is 28.4 Å². The van der Waals surface area contributed by atoms with Crippen LogP contribution in [0, 0.1) is 10.1 Å². The first kappa shape index (κ1) is 14.7. The summed E-state index contributed by atoms with van der Waals surface area (Å²) >= 11 is 0. The Balaban J connectivity index is 3.07. The lowest BCUT2D eigenvalue weighted by atomic mass is 10.2. The maximum absolute atomic E-state index is 12.1. The fraction of sp³-hybridized carbons (Fsp3) is 0.300. The van der Waals surface area contributed by atoms with E-state index in [-0.39, 0.29) is 12.4 Å². The fourth-order valence-corrected chi connectivity index (χ4v) is 1.22. The predicted molar refractivity (Wildman–Crippen MR) is 59.0 cm³/mol. The van der Waals surface area contributed by atoms with Crippen LogP contribution in [0.15, 0.2) is 18.2 Å². The van der Waals surface area contributed by atoms with Crippen LogP contribution < -0.4 is 10.1 Å². The lowest BCUT2D eigenvalue weighted by Gasteiger charge is -2.09. The minimum absolute atomic E-state index is 0.124. The molecule has 0 saturated carbocycles. The van der Waals surface area contributed by atoms with E-state index in [1.165, 1.54) is 11.4 Å². The number of carbonyl (C=O) groups is 1. The van der Waals surface area contributed by atoms with Gasteiger partial charge in [0, 0.05) is 0 Å². The minimum atomic E-state index is -5.12. The van der Waals surface area contributed by atoms with Crippen molar-refractivity contribution in [3.63, 3.8) is 0 Å². The van der Waals surface area contributed by atoms with Crippen molar-refractivity contribution in [2.75, 3.05) is 11.9 Å². The number of alkyl halides is 3. The van der Waals surface area contributed by atoms with Gasteiger partial charge in [0.1, 0.15) is 11.4 Å². The normalized spacial score (nSPS) is 10.9. The number of anilines is 1. The van der Waals surface area contributed by atoms with Gasteiger partial charge in [0.2, 0.25) is 0 Å². The molecule has 0 aliphatic heterocycles. The molecule has 0 unspecified atom stereocenters. The SMILES string of the molecule is CCOc1ccc(NC(=O)C(F)(F)F)c([N+](=O)[O-])c1. The Kier molecular flexibility index (Phi) is 4.30. The van der Waals surface area contributed by atoms with Gasteiger partial charge < -0.3 is 10.1 Å². The van der Waals surface area contributed by atoms with Crippen LogP contribution in [0.5, 0.6) is 5.75 Å². The Morgan fingerprint density at radius 3 is 2.58 bits per heavy atom. The van der Waals surface area contributed by atoms with Crippen molar-refractivity contribution in [3.05, 3.63) is 28.3 Å². The standard InChI is InChI=1S/C10H9F3N2O4/c1-2-19-6-3-4-7(8(5-6)15(17)18)14-9(16)10(11,12)13/h3-5H,2H2,1H3,(H,14,16). The summed E-state index contributed by atoms with van der Waals surface area (Å²) in [5.74, 6) is -2.15. The van der Waals surface area contributed by atoms with Crippen LogP contribution in [-0.4, -0.2) is 23.6 Å². The van der Waals surface area contributed by atoms with Crippen molar-refractivity contribution in [2.24, 2.45) is 0 Å². The molecule has 1 aromatic rings. The van der Waals surface area contributed by atoms with Crippen molar-refractivity contribution in [3.8, 4) is 5.75 Å². The summed E-state index contributed by atoms with van der Waals surface area (Å²) in [7, 11) is 0. The molecule has 0 radical (unpaired) electrons. The molecule has 0 saturated heterocycles. The van der Waals surface area contributed by atoms with E-state index in [2.05, 4.69) is 0 Å². The highest BCUT2D eigenvalue weighted by Crippen LogP contribution is 2.30. The van der Waals surface area contributed by atoms with Crippen LogP contribution in [-0.2, 0) is 4.79 Å². The van der Waals surface area contributed by atoms with Crippen LogP contribution in [0.3, 0.4) is 0 Å². The smallest absolute Gasteiger partial charge is 0.471 e. The molecule has 1 N–H and O–H groups in total. The Morgan fingerprint density at radius 1 is 1.47 bits per heavy atom. The molecule has 0 aliphatic carbocycles. The van der Waals surface area contributed by atoms with Crippen molar-refractivity contribution < 1.29 is 27.6 Å². The lowest BCUT2D eigenvalue weighted by molar-refractivity contribution is -0.384. The van der Waals surface area contributed by atoms with Crippen LogP contribution >= 0.6 is 0 Å². The van der Waals surface area contributed by atoms with Gasteiger partial charge in [-0.25, -0.2) is 0 Å². The quantitative estimate of drug-likeness (QED) is 0.677. The van der Waals surface area contributed by atoms with Gasteiger partial charge in [-0.1, -0.05) is 0 Å². The average Bonchev–Trinajstić information content (AvgIpc) is 2.29. The minimum Gasteiger partial charge on any atom is -0.494 e. The summed E-state index contributed by atoms with van der Waals surface area (Å²) in [6.45, 7) is 1.89. The number of ether oxygens (including phenoxy) is 1. The number of benzene rings is 1. The monoisotopic (exact) mass is 278 g/mol. The number of hydrogen-bond donors (Lipinski definition) is 1. The summed E-state index contributed by atoms with van der Waals surface area (Å²) < 4.78 is 41.2. The maximum atomic E-state index is 12.1. The van der Waals surface area contributed by atoms with Crippen LogP contribution in [0.2, 0.25) is 0 Å². The summed E-state index contributed by atoms with van der Waals surface area (Å²) in [6.07, 6.45) is -5.12. The number of rotatable bonds is 4. The third kappa shape index (κ3) is 3.83. The Morgan fingerprint density at radius 2 is 2.11 bits per heavy atom. The summed E-state index contributed by atoms with van der Waals surface area (Å²) in [6, 6.07) is 3.14. The molecule has 0 heterocycles. The van der Waals surface area contributed by atoms with Crippen molar-refractivity contribution in [1.29, 1.82) is 0 Å². The number of halogens is 3. The van der Waals surface area contributed by atoms with Gasteiger partial charge >= 0.3 is 12.1 Å². The van der Waals surface area contributed by atoms with Crippen LogP contribution in [0.25, 0.3) is 0 Å². The molecular formula is C10H9F3N2O4. The highest BCUT2D eigenvalue weighted by Gasteiger charge is 2.39. The zero-order valence-corrected chi connectivity index (χ0v) is 9.65. The second kappa shape index (κ2) is 5.55. The number of nitro groups is 1. The molecule has 6 nitrogen and oxygen atoms in total. The van der Waals surface area contributed by atoms with Crippen LogP contribution in [0.4, 0.5) is 24.5 Å². The van der Waals surface area contributed by atoms with E-state index in [1.807, 2.05) is 0 Å². The van der Waals surface area contributed by atoms with Gasteiger partial charge in [-0.2, -0.15) is 13.2 Å². The van der Waals surface area contributed by atoms with E-state index in [9.17, 15) is 28.1 Å². The predicted octanol–water partition coefficient (Wildman–Crippen LogP) is 2.49. The number of nitrogens with zero attached hydrogens (tertiary/aromatic N) is 1. The lowest BCUT2D eigenvalue weighted by Crippen LogP contribution is -2.30. The molecule has 0 spiro atoms. The number of carbonyl (C=O) groups excluding carboxylic acids is 1. The summed E-state index contributed by atoms with van der Waals surface area (Å²) in [5.41, 5.74) is -1.22. The maximum Gasteiger partial charge on any atom is 0.471 e. The molecule has 1 amide bonds. The molecule has 19 heavy (non-hydrogen) atoms. The van der Waals surface area contributed by atoms with Crippen molar-refractivity contribution >= 4 is 17.3 Å². The number of hydrogen-bond acceptors (Lipinski definition) is 4. The van der Waals surface area contributed by atoms with E-state index in [0.717, 1.165) is 12.1 Å². The van der Waals surface area contributed by atoms with Crippen molar-refractivity contribution in [2.45, 2.75) is 13.1 Å². The van der Waals surface area contributed by atoms with Gasteiger partial charge in [-0.05, 0) is 19.1 Å². The molecule has 0 bridgehead atoms. The van der Waals surface area contributed by atoms with Gasteiger partial charge in [-0.3, -0.25) is 14.9 Å². The van der Waals surface area contributed by atoms with E-state index in [4.69, 9.17) is 4.74 Å². The molecule has 104 valence electrons. The third-order valence-electron chi connectivity index (χ3n) is 1.98. The molecular weight excluding hydrogens is 269 g/mol. The Bertz CT molecular complexity index is 502. The van der Waals surface area contributed by atoms with Crippen molar-refractivity contribution in [1.82, 2.24) is 0 Å². The first-order chi connectivity index (χ1) is 8.75. The highest BCUT2D eigenvalue weighted by atomic mass is 19.4. The zero-order valence-electron chi connectivity index (χ0n) is 9.65. The summed E-state index contributed by atoms with van der Waals surface area (Å²) in [5, 5.41) is 12.2. The molecule has 1 rings (SSSR count). The number of amides is 1. The fourth-order valence-electron chi connectivity index (χ4n) is 1.22. The van der Waals surface area contributed by atoms with E-state index in [0.29, 0.717) is 0 Å². The van der Waals surface area contributed by atoms with Gasteiger partial charge in [-0.15, -0.1) is 0 Å². The second-order valence-corrected chi connectivity index (χ2v) is 3.32. The topological polar surface area (TPSA) is 81.5 Å².